The summed E-state index contributed by atoms with van der Waals surface area (Å²) in [4.78, 5) is 30.9. The van der Waals surface area contributed by atoms with Crippen molar-refractivity contribution in [3.05, 3.63) is 58.7 Å². The summed E-state index contributed by atoms with van der Waals surface area (Å²) in [6, 6.07) is 10.2. The van der Waals surface area contributed by atoms with Crippen molar-refractivity contribution in [2.24, 2.45) is 0 Å². The Balaban J connectivity index is 1.76. The van der Waals surface area contributed by atoms with Gasteiger partial charge in [0.1, 0.15) is 17.6 Å². The van der Waals surface area contributed by atoms with E-state index >= 15 is 0 Å². The maximum atomic E-state index is 13.6. The number of nitrogens with zero attached hydrogens (tertiary/aromatic N) is 2. The van der Waals surface area contributed by atoms with E-state index in [2.05, 4.69) is 25.7 Å². The Bertz CT molecular complexity index is 1270. The quantitative estimate of drug-likeness (QED) is 0.135. The maximum Gasteiger partial charge on any atom is 0.295 e. The fourth-order valence-electron chi connectivity index (χ4n) is 5.60. The number of aliphatic hydroxyl groups is 1. The Kier molecular flexibility index (Phi) is 10.3. The molecule has 1 amide bonds. The molecule has 1 fully saturated rings. The zero-order valence-electron chi connectivity index (χ0n) is 25.1. The molecule has 2 aliphatic rings. The zero-order valence-corrected chi connectivity index (χ0v) is 25.1. The minimum atomic E-state index is -0.751. The molecule has 4 rings (SSSR count). The molecule has 2 aromatic rings. The number of unbranched alkanes of at least 4 members (excludes halogenated alkanes) is 1. The third kappa shape index (κ3) is 6.70. The number of rotatable bonds is 14. The van der Waals surface area contributed by atoms with Gasteiger partial charge < -0.3 is 29.1 Å². The van der Waals surface area contributed by atoms with E-state index in [4.69, 9.17) is 14.2 Å². The third-order valence-corrected chi connectivity index (χ3v) is 7.82. The first-order chi connectivity index (χ1) is 19.8. The Morgan fingerprint density at radius 3 is 2.51 bits per heavy atom. The predicted octanol–water partition coefficient (Wildman–Crippen LogP) is 5.74. The van der Waals surface area contributed by atoms with Crippen molar-refractivity contribution in [2.75, 3.05) is 39.4 Å². The molecular weight excluding hydrogens is 520 g/mol. The van der Waals surface area contributed by atoms with Crippen LogP contribution in [0.3, 0.4) is 0 Å². The Morgan fingerprint density at radius 2 is 1.80 bits per heavy atom. The molecule has 0 bridgehead atoms. The van der Waals surface area contributed by atoms with Crippen molar-refractivity contribution >= 4 is 17.4 Å². The molecule has 0 unspecified atom stereocenters. The van der Waals surface area contributed by atoms with E-state index in [1.807, 2.05) is 44.2 Å². The smallest absolute Gasteiger partial charge is 0.295 e. The summed E-state index contributed by atoms with van der Waals surface area (Å²) < 4.78 is 17.7. The molecule has 8 heteroatoms. The van der Waals surface area contributed by atoms with E-state index < -0.39 is 17.7 Å². The first-order valence-electron chi connectivity index (χ1n) is 15.0. The van der Waals surface area contributed by atoms with Crippen molar-refractivity contribution < 1.29 is 28.9 Å². The second-order valence-electron chi connectivity index (χ2n) is 10.7. The number of fused-ring (bicyclic) bond motifs is 1. The van der Waals surface area contributed by atoms with Crippen LogP contribution in [-0.4, -0.2) is 72.1 Å². The summed E-state index contributed by atoms with van der Waals surface area (Å²) in [7, 11) is 0. The molecule has 2 heterocycles. The molecule has 1 N–H and O–H groups in total. The Morgan fingerprint density at radius 1 is 1.02 bits per heavy atom. The van der Waals surface area contributed by atoms with Gasteiger partial charge in [-0.25, -0.2) is 0 Å². The molecule has 0 radical (unpaired) electrons. The van der Waals surface area contributed by atoms with Crippen molar-refractivity contribution in [3.8, 4) is 17.2 Å². The largest absolute Gasteiger partial charge is 0.507 e. The molecule has 1 saturated heterocycles. The van der Waals surface area contributed by atoms with Crippen LogP contribution in [0.5, 0.6) is 17.2 Å². The maximum absolute atomic E-state index is 13.6. The molecule has 2 aromatic carbocycles. The number of aliphatic hydroxyl groups excluding tert-OH is 1. The van der Waals surface area contributed by atoms with Crippen molar-refractivity contribution in [1.29, 1.82) is 0 Å². The van der Waals surface area contributed by atoms with Crippen LogP contribution in [-0.2, 0) is 16.0 Å². The van der Waals surface area contributed by atoms with Gasteiger partial charge in [0.2, 0.25) is 0 Å². The molecule has 2 aliphatic heterocycles. The van der Waals surface area contributed by atoms with E-state index in [0.29, 0.717) is 48.8 Å². The minimum Gasteiger partial charge on any atom is -0.507 e. The lowest BCUT2D eigenvalue weighted by molar-refractivity contribution is -0.140. The van der Waals surface area contributed by atoms with E-state index in [9.17, 15) is 14.7 Å². The van der Waals surface area contributed by atoms with Crippen LogP contribution in [0.1, 0.15) is 76.6 Å². The van der Waals surface area contributed by atoms with Crippen molar-refractivity contribution in [1.82, 2.24) is 9.80 Å². The molecular formula is C33H44N2O6. The van der Waals surface area contributed by atoms with Crippen LogP contribution in [0.25, 0.3) is 5.76 Å². The van der Waals surface area contributed by atoms with E-state index in [-0.39, 0.29) is 17.4 Å². The first kappa shape index (κ1) is 30.4. The molecule has 0 aliphatic carbocycles. The van der Waals surface area contributed by atoms with Gasteiger partial charge in [-0.2, -0.15) is 0 Å². The highest BCUT2D eigenvalue weighted by molar-refractivity contribution is 6.46. The van der Waals surface area contributed by atoms with Crippen LogP contribution in [0.4, 0.5) is 0 Å². The molecule has 0 spiro atoms. The number of ether oxygens (including phenoxy) is 3. The topological polar surface area (TPSA) is 88.5 Å². The minimum absolute atomic E-state index is 0.0498. The van der Waals surface area contributed by atoms with Gasteiger partial charge in [0.25, 0.3) is 11.7 Å². The number of amides is 1. The Hall–Kier alpha value is -3.52. The van der Waals surface area contributed by atoms with Gasteiger partial charge in [0, 0.05) is 18.5 Å². The fourth-order valence-corrected chi connectivity index (χ4v) is 5.60. The van der Waals surface area contributed by atoms with Gasteiger partial charge in [-0.05, 0) is 87.8 Å². The normalized spacial score (nSPS) is 19.5. The lowest BCUT2D eigenvalue weighted by atomic mass is 9.94. The second-order valence-corrected chi connectivity index (χ2v) is 10.7. The highest BCUT2D eigenvalue weighted by Gasteiger charge is 2.46. The number of ketones is 1. The summed E-state index contributed by atoms with van der Waals surface area (Å²) in [6.45, 7) is 14.2. The average molecular weight is 565 g/mol. The molecule has 8 nitrogen and oxygen atoms in total. The molecule has 41 heavy (non-hydrogen) atoms. The summed E-state index contributed by atoms with van der Waals surface area (Å²) in [5.41, 5.74) is 2.25. The standard InChI is InChI=1S/C33H44N2O6/c1-6-10-18-40-27-15-12-23(21-28(27)39-9-4)30-29(31(36)24-13-14-26-25(20-24)19-22(5)41-26)32(37)33(38)35(30)17-11-16-34(7-2)8-3/h12-15,20-22,30,36H,6-11,16-19H2,1-5H3/b31-29+/t22-,30+/m1/s1. The van der Waals surface area contributed by atoms with Gasteiger partial charge in [0.15, 0.2) is 11.5 Å². The van der Waals surface area contributed by atoms with E-state index in [1.165, 1.54) is 0 Å². The molecule has 0 aromatic heterocycles. The van der Waals surface area contributed by atoms with Gasteiger partial charge >= 0.3 is 0 Å². The highest BCUT2D eigenvalue weighted by atomic mass is 16.5. The monoisotopic (exact) mass is 564 g/mol. The number of hydrogen-bond acceptors (Lipinski definition) is 7. The number of likely N-dealkylation sites (tertiary alicyclic amines) is 1. The van der Waals surface area contributed by atoms with Crippen LogP contribution in [0, 0.1) is 0 Å². The molecule has 2 atom stereocenters. The first-order valence-corrected chi connectivity index (χ1v) is 15.0. The number of carbonyl (C=O) groups excluding carboxylic acids is 2. The molecule has 222 valence electrons. The third-order valence-electron chi connectivity index (χ3n) is 7.82. The van der Waals surface area contributed by atoms with Crippen LogP contribution in [0.2, 0.25) is 0 Å². The van der Waals surface area contributed by atoms with E-state index in [0.717, 1.165) is 50.2 Å². The van der Waals surface area contributed by atoms with E-state index in [1.54, 1.807) is 11.0 Å². The molecule has 0 saturated carbocycles. The second kappa shape index (κ2) is 13.9. The van der Waals surface area contributed by atoms with Crippen molar-refractivity contribution in [2.45, 2.75) is 72.4 Å². The number of carbonyl (C=O) groups is 2. The lowest BCUT2D eigenvalue weighted by Gasteiger charge is -2.27. The predicted molar refractivity (Wildman–Crippen MR) is 160 cm³/mol. The number of hydrogen-bond donors (Lipinski definition) is 1. The van der Waals surface area contributed by atoms with Crippen LogP contribution < -0.4 is 14.2 Å². The fraction of sp³-hybridized carbons (Fsp3) is 0.515. The van der Waals surface area contributed by atoms with Gasteiger partial charge in [-0.3, -0.25) is 9.59 Å². The van der Waals surface area contributed by atoms with Crippen LogP contribution in [0.15, 0.2) is 42.0 Å². The van der Waals surface area contributed by atoms with Gasteiger partial charge in [0.05, 0.1) is 24.8 Å². The van der Waals surface area contributed by atoms with Crippen molar-refractivity contribution in [3.63, 3.8) is 0 Å². The van der Waals surface area contributed by atoms with Crippen LogP contribution >= 0.6 is 0 Å². The Labute approximate surface area is 243 Å². The number of benzene rings is 2. The highest BCUT2D eigenvalue weighted by Crippen LogP contribution is 2.43. The summed E-state index contributed by atoms with van der Waals surface area (Å²) in [6.07, 6.45) is 3.41. The summed E-state index contributed by atoms with van der Waals surface area (Å²) in [5.74, 6) is 0.497. The zero-order chi connectivity index (χ0) is 29.5. The van der Waals surface area contributed by atoms with Gasteiger partial charge in [-0.1, -0.05) is 33.3 Å². The SMILES string of the molecule is CCCCOc1ccc([C@H]2/C(=C(\O)c3ccc4c(c3)C[C@@H](C)O4)C(=O)C(=O)N2CCCN(CC)CC)cc1OCC. The summed E-state index contributed by atoms with van der Waals surface area (Å²) in [5, 5.41) is 11.6. The van der Waals surface area contributed by atoms with Gasteiger partial charge in [-0.15, -0.1) is 0 Å². The number of Topliss-reactive ketones (excluding diaryl/α,β-unsaturated/α-hetero) is 1. The average Bonchev–Trinajstić information content (AvgIpc) is 3.46. The lowest BCUT2D eigenvalue weighted by Crippen LogP contribution is -2.33. The summed E-state index contributed by atoms with van der Waals surface area (Å²) >= 11 is 0.